The normalized spacial score (nSPS) is 9.91. The zero-order valence-corrected chi connectivity index (χ0v) is 6.88. The van der Waals surface area contributed by atoms with Crippen molar-refractivity contribution in [3.05, 3.63) is 42.4 Å². The van der Waals surface area contributed by atoms with Gasteiger partial charge in [0.2, 0.25) is 0 Å². The van der Waals surface area contributed by atoms with E-state index in [1.807, 2.05) is 19.5 Å². The third kappa shape index (κ3) is 3.19. The van der Waals surface area contributed by atoms with Gasteiger partial charge >= 0.3 is 0 Å². The van der Waals surface area contributed by atoms with E-state index in [0.29, 0.717) is 0 Å². The van der Waals surface area contributed by atoms with E-state index in [9.17, 15) is 0 Å². The van der Waals surface area contributed by atoms with E-state index in [4.69, 9.17) is 0 Å². The molecule has 0 saturated heterocycles. The Balaban J connectivity index is 2.28. The van der Waals surface area contributed by atoms with Gasteiger partial charge in [-0.25, -0.2) is 0 Å². The van der Waals surface area contributed by atoms with Crippen molar-refractivity contribution in [1.82, 2.24) is 5.32 Å². The van der Waals surface area contributed by atoms with E-state index in [1.165, 1.54) is 5.56 Å². The van der Waals surface area contributed by atoms with Crippen LogP contribution in [0.5, 0.6) is 0 Å². The van der Waals surface area contributed by atoms with Crippen LogP contribution in [0.1, 0.15) is 12.5 Å². The molecule has 0 bridgehead atoms. The summed E-state index contributed by atoms with van der Waals surface area (Å²) in [7, 11) is 0. The molecule has 0 unspecified atom stereocenters. The first-order valence-corrected chi connectivity index (χ1v) is 3.98. The second-order valence-electron chi connectivity index (χ2n) is 2.48. The van der Waals surface area contributed by atoms with Gasteiger partial charge < -0.3 is 5.32 Å². The topological polar surface area (TPSA) is 12.0 Å². The van der Waals surface area contributed by atoms with Crippen molar-refractivity contribution in [3.8, 4) is 0 Å². The lowest BCUT2D eigenvalue weighted by molar-refractivity contribution is 0.782. The van der Waals surface area contributed by atoms with Gasteiger partial charge in [-0.05, 0) is 25.5 Å². The summed E-state index contributed by atoms with van der Waals surface area (Å²) in [6.45, 7) is 5.01. The Labute approximate surface area is 68.4 Å². The minimum atomic E-state index is 1.03. The van der Waals surface area contributed by atoms with E-state index in [1.54, 1.807) is 0 Å². The predicted molar refractivity (Wildman–Crippen MR) is 48.1 cm³/mol. The van der Waals surface area contributed by atoms with Gasteiger partial charge in [0.1, 0.15) is 0 Å². The van der Waals surface area contributed by atoms with Crippen molar-refractivity contribution in [1.29, 1.82) is 0 Å². The van der Waals surface area contributed by atoms with Crippen molar-refractivity contribution in [2.75, 3.05) is 6.54 Å². The van der Waals surface area contributed by atoms with Crippen LogP contribution in [0, 0.1) is 6.54 Å². The van der Waals surface area contributed by atoms with E-state index in [0.717, 1.165) is 13.0 Å². The number of nitrogens with one attached hydrogen (secondary N) is 1. The average Bonchev–Trinajstić information content (AvgIpc) is 2.07. The second kappa shape index (κ2) is 4.91. The van der Waals surface area contributed by atoms with Crippen LogP contribution in [0.3, 0.4) is 0 Å². The largest absolute Gasteiger partial charge is 0.312 e. The first-order valence-electron chi connectivity index (χ1n) is 3.98. The van der Waals surface area contributed by atoms with E-state index in [2.05, 4.69) is 29.6 Å². The molecule has 0 heterocycles. The zero-order valence-electron chi connectivity index (χ0n) is 6.88. The van der Waals surface area contributed by atoms with E-state index in [-0.39, 0.29) is 0 Å². The summed E-state index contributed by atoms with van der Waals surface area (Å²) in [6, 6.07) is 10.5. The molecule has 1 radical (unpaired) electrons. The van der Waals surface area contributed by atoms with E-state index < -0.39 is 0 Å². The molecule has 59 valence electrons. The SMILES string of the molecule is C[CH]NCCc1ccccc1. The monoisotopic (exact) mass is 148 g/mol. The van der Waals surface area contributed by atoms with Crippen LogP contribution in [0.25, 0.3) is 0 Å². The van der Waals surface area contributed by atoms with Gasteiger partial charge in [0.05, 0.1) is 0 Å². The Morgan fingerprint density at radius 3 is 2.64 bits per heavy atom. The molecule has 1 aromatic rings. The molecule has 1 nitrogen and oxygen atoms in total. The maximum atomic E-state index is 3.17. The first-order chi connectivity index (χ1) is 5.43. The number of hydrogen-bond donors (Lipinski definition) is 1. The number of rotatable bonds is 4. The Bertz CT molecular complexity index is 181. The van der Waals surface area contributed by atoms with Crippen LogP contribution >= 0.6 is 0 Å². The summed E-state index contributed by atoms with van der Waals surface area (Å²) in [4.78, 5) is 0. The highest BCUT2D eigenvalue weighted by molar-refractivity contribution is 5.14. The van der Waals surface area contributed by atoms with Crippen molar-refractivity contribution in [2.45, 2.75) is 13.3 Å². The summed E-state index contributed by atoms with van der Waals surface area (Å²) >= 11 is 0. The number of benzene rings is 1. The third-order valence-electron chi connectivity index (χ3n) is 1.60. The van der Waals surface area contributed by atoms with Gasteiger partial charge in [-0.2, -0.15) is 0 Å². The standard InChI is InChI=1S/C10H14N/c1-2-11-9-8-10-6-4-3-5-7-10/h2-7,11H,8-9H2,1H3. The molecule has 0 aliphatic heterocycles. The second-order valence-corrected chi connectivity index (χ2v) is 2.48. The lowest BCUT2D eigenvalue weighted by atomic mass is 10.1. The zero-order chi connectivity index (χ0) is 7.94. The Kier molecular flexibility index (Phi) is 3.70. The lowest BCUT2D eigenvalue weighted by Gasteiger charge is -2.00. The van der Waals surface area contributed by atoms with Gasteiger partial charge in [-0.15, -0.1) is 0 Å². The smallest absolute Gasteiger partial charge is 0.0190 e. The summed E-state index contributed by atoms with van der Waals surface area (Å²) < 4.78 is 0. The highest BCUT2D eigenvalue weighted by Gasteiger charge is 1.88. The number of hydrogen-bond acceptors (Lipinski definition) is 1. The molecule has 0 aliphatic rings. The Morgan fingerprint density at radius 2 is 2.00 bits per heavy atom. The van der Waals surface area contributed by atoms with Crippen LogP contribution < -0.4 is 5.32 Å². The first kappa shape index (κ1) is 8.28. The van der Waals surface area contributed by atoms with E-state index >= 15 is 0 Å². The van der Waals surface area contributed by atoms with Gasteiger partial charge in [-0.3, -0.25) is 0 Å². The molecule has 1 heteroatoms. The molecule has 0 spiro atoms. The molecule has 0 aliphatic carbocycles. The fourth-order valence-corrected chi connectivity index (χ4v) is 1.01. The Morgan fingerprint density at radius 1 is 1.27 bits per heavy atom. The molecule has 0 fully saturated rings. The van der Waals surface area contributed by atoms with Crippen LogP contribution in [-0.4, -0.2) is 6.54 Å². The molecular formula is C10H14N. The summed E-state index contributed by atoms with van der Waals surface area (Å²) in [6.07, 6.45) is 1.10. The summed E-state index contributed by atoms with van der Waals surface area (Å²) in [5.74, 6) is 0. The minimum absolute atomic E-state index is 1.03. The highest BCUT2D eigenvalue weighted by atomic mass is 14.8. The van der Waals surface area contributed by atoms with Crippen molar-refractivity contribution >= 4 is 0 Å². The molecule has 1 N–H and O–H groups in total. The van der Waals surface area contributed by atoms with Gasteiger partial charge in [0.15, 0.2) is 0 Å². The lowest BCUT2D eigenvalue weighted by Crippen LogP contribution is -2.11. The molecule has 1 aromatic carbocycles. The fourth-order valence-electron chi connectivity index (χ4n) is 1.01. The molecule has 0 atom stereocenters. The molecule has 0 saturated carbocycles. The molecular weight excluding hydrogens is 134 g/mol. The molecule has 0 aromatic heterocycles. The molecule has 11 heavy (non-hydrogen) atoms. The van der Waals surface area contributed by atoms with Crippen molar-refractivity contribution < 1.29 is 0 Å². The van der Waals surface area contributed by atoms with Gasteiger partial charge in [-0.1, -0.05) is 30.3 Å². The van der Waals surface area contributed by atoms with Crippen LogP contribution in [0.2, 0.25) is 0 Å². The highest BCUT2D eigenvalue weighted by Crippen LogP contribution is 1.97. The van der Waals surface area contributed by atoms with Crippen LogP contribution in [0.4, 0.5) is 0 Å². The van der Waals surface area contributed by atoms with Crippen LogP contribution in [0.15, 0.2) is 30.3 Å². The minimum Gasteiger partial charge on any atom is -0.312 e. The van der Waals surface area contributed by atoms with Crippen LogP contribution in [-0.2, 0) is 6.42 Å². The Hall–Kier alpha value is -0.820. The fraction of sp³-hybridized carbons (Fsp3) is 0.300. The van der Waals surface area contributed by atoms with Crippen molar-refractivity contribution in [2.24, 2.45) is 0 Å². The quantitative estimate of drug-likeness (QED) is 0.644. The molecule has 0 amide bonds. The average molecular weight is 148 g/mol. The van der Waals surface area contributed by atoms with Gasteiger partial charge in [0.25, 0.3) is 0 Å². The maximum absolute atomic E-state index is 3.17. The maximum Gasteiger partial charge on any atom is 0.0190 e. The predicted octanol–water partition coefficient (Wildman–Crippen LogP) is 2.00. The van der Waals surface area contributed by atoms with Crippen molar-refractivity contribution in [3.63, 3.8) is 0 Å². The summed E-state index contributed by atoms with van der Waals surface area (Å²) in [5, 5.41) is 3.17. The molecule has 1 rings (SSSR count). The third-order valence-corrected chi connectivity index (χ3v) is 1.60. The van der Waals surface area contributed by atoms with Gasteiger partial charge in [0, 0.05) is 6.54 Å². The summed E-state index contributed by atoms with van der Waals surface area (Å²) in [5.41, 5.74) is 1.39.